The molecule has 0 aliphatic carbocycles. The van der Waals surface area contributed by atoms with Crippen LogP contribution in [-0.4, -0.2) is 53.4 Å². The molecule has 9 nitrogen and oxygen atoms in total. The van der Waals surface area contributed by atoms with Gasteiger partial charge in [0.15, 0.2) is 5.00 Å². The lowest BCUT2D eigenvalue weighted by Crippen LogP contribution is -2.42. The number of hydrogen-bond donors (Lipinski definition) is 1. The van der Waals surface area contributed by atoms with Crippen LogP contribution in [0.25, 0.3) is 0 Å². The van der Waals surface area contributed by atoms with Crippen molar-refractivity contribution >= 4 is 38.4 Å². The molecule has 0 bridgehead atoms. The first-order valence-electron chi connectivity index (χ1n) is 9.69. The number of nitrogens with zero attached hydrogens (tertiary/aromatic N) is 3. The highest BCUT2D eigenvalue weighted by Crippen LogP contribution is 2.27. The number of carbonyl (C=O) groups excluding carboxylic acids is 2. The second-order valence-corrected chi connectivity index (χ2v) is 9.71. The molecule has 1 aromatic heterocycles. The molecule has 162 valence electrons. The first kappa shape index (κ1) is 22.3. The Kier molecular flexibility index (Phi) is 6.84. The summed E-state index contributed by atoms with van der Waals surface area (Å²) in [5.74, 6) is -1.23. The number of aromatic nitrogens is 2. The highest BCUT2D eigenvalue weighted by molar-refractivity contribution is 7.89. The van der Waals surface area contributed by atoms with Gasteiger partial charge in [0.05, 0.1) is 11.5 Å². The third kappa shape index (κ3) is 4.52. The lowest BCUT2D eigenvalue weighted by molar-refractivity contribution is 0.0520. The van der Waals surface area contributed by atoms with Crippen LogP contribution < -0.4 is 5.32 Å². The maximum Gasteiger partial charge on any atom is 0.362 e. The Bertz CT molecular complexity index is 1050. The van der Waals surface area contributed by atoms with E-state index < -0.39 is 21.9 Å². The smallest absolute Gasteiger partial charge is 0.362 e. The van der Waals surface area contributed by atoms with Crippen molar-refractivity contribution in [2.45, 2.75) is 51.0 Å². The molecule has 1 fully saturated rings. The fraction of sp³-hybridized carbons (Fsp3) is 0.474. The molecule has 2 heterocycles. The third-order valence-electron chi connectivity index (χ3n) is 4.99. The molecular formula is C19H24N4O5S2. The Balaban J connectivity index is 1.88. The van der Waals surface area contributed by atoms with Gasteiger partial charge in [0.25, 0.3) is 5.91 Å². The van der Waals surface area contributed by atoms with Gasteiger partial charge >= 0.3 is 5.97 Å². The molecular weight excluding hydrogens is 428 g/mol. The topological polar surface area (TPSA) is 119 Å². The van der Waals surface area contributed by atoms with Crippen LogP contribution >= 0.6 is 11.5 Å². The summed E-state index contributed by atoms with van der Waals surface area (Å²) in [5.41, 5.74) is 0.719. The molecule has 1 amide bonds. The number of ether oxygens (including phenoxy) is 1. The average Bonchev–Trinajstić information content (AvgIpc) is 3.16. The first-order chi connectivity index (χ1) is 14.3. The molecule has 1 saturated heterocycles. The summed E-state index contributed by atoms with van der Waals surface area (Å²) in [7, 11) is -3.72. The van der Waals surface area contributed by atoms with Gasteiger partial charge in [0, 0.05) is 29.7 Å². The van der Waals surface area contributed by atoms with E-state index in [0.29, 0.717) is 12.1 Å². The molecule has 0 saturated carbocycles. The third-order valence-corrected chi connectivity index (χ3v) is 7.64. The molecule has 1 unspecified atom stereocenters. The van der Waals surface area contributed by atoms with E-state index in [1.165, 1.54) is 16.4 Å². The predicted molar refractivity (Wildman–Crippen MR) is 112 cm³/mol. The van der Waals surface area contributed by atoms with Crippen LogP contribution in [0.5, 0.6) is 0 Å². The van der Waals surface area contributed by atoms with Crippen LogP contribution in [0.3, 0.4) is 0 Å². The standard InChI is InChI=1S/C19H24N4O5S2/c1-4-28-19(25)16-18(29-22-21-16)20-17(24)15-11-14(9-8-12(15)2)30(26,27)23-10-6-5-7-13(23)3/h8-9,11,13H,4-7,10H2,1-3H3,(H,20,24). The molecule has 0 radical (unpaired) electrons. The molecule has 1 atom stereocenters. The number of amides is 1. The van der Waals surface area contributed by atoms with Gasteiger partial charge in [0.2, 0.25) is 15.7 Å². The Labute approximate surface area is 179 Å². The molecule has 3 rings (SSSR count). The number of piperidine rings is 1. The van der Waals surface area contributed by atoms with E-state index >= 15 is 0 Å². The lowest BCUT2D eigenvalue weighted by atomic mass is 10.1. The highest BCUT2D eigenvalue weighted by Gasteiger charge is 2.31. The van der Waals surface area contributed by atoms with Gasteiger partial charge in [-0.3, -0.25) is 4.79 Å². The minimum Gasteiger partial charge on any atom is -0.461 e. The fourth-order valence-electron chi connectivity index (χ4n) is 3.35. The van der Waals surface area contributed by atoms with Crippen molar-refractivity contribution in [1.82, 2.24) is 13.9 Å². The van der Waals surface area contributed by atoms with E-state index in [9.17, 15) is 18.0 Å². The van der Waals surface area contributed by atoms with E-state index in [2.05, 4.69) is 14.9 Å². The number of hydrogen-bond acceptors (Lipinski definition) is 8. The number of nitrogens with one attached hydrogen (secondary N) is 1. The van der Waals surface area contributed by atoms with Crippen molar-refractivity contribution in [3.8, 4) is 0 Å². The quantitative estimate of drug-likeness (QED) is 0.669. The van der Waals surface area contributed by atoms with Gasteiger partial charge in [-0.1, -0.05) is 17.0 Å². The molecule has 1 aliphatic rings. The van der Waals surface area contributed by atoms with Gasteiger partial charge in [0.1, 0.15) is 0 Å². The maximum absolute atomic E-state index is 13.1. The summed E-state index contributed by atoms with van der Waals surface area (Å²) >= 11 is 0.845. The van der Waals surface area contributed by atoms with E-state index in [0.717, 1.165) is 30.8 Å². The summed E-state index contributed by atoms with van der Waals surface area (Å²) in [6, 6.07) is 4.41. The largest absolute Gasteiger partial charge is 0.461 e. The second-order valence-electron chi connectivity index (χ2n) is 7.06. The Morgan fingerprint density at radius 3 is 2.80 bits per heavy atom. The molecule has 0 spiro atoms. The molecule has 1 aromatic carbocycles. The van der Waals surface area contributed by atoms with Crippen molar-refractivity contribution in [3.05, 3.63) is 35.0 Å². The van der Waals surface area contributed by atoms with Crippen molar-refractivity contribution in [2.75, 3.05) is 18.5 Å². The van der Waals surface area contributed by atoms with Crippen molar-refractivity contribution in [1.29, 1.82) is 0 Å². The first-order valence-corrected chi connectivity index (χ1v) is 11.9. The van der Waals surface area contributed by atoms with E-state index in [1.807, 2.05) is 6.92 Å². The zero-order valence-corrected chi connectivity index (χ0v) is 18.7. The average molecular weight is 453 g/mol. The Hall–Kier alpha value is -2.37. The van der Waals surface area contributed by atoms with Gasteiger partial charge in [-0.05, 0) is 51.3 Å². The van der Waals surface area contributed by atoms with Crippen molar-refractivity contribution in [3.63, 3.8) is 0 Å². The number of aryl methyl sites for hydroxylation is 1. The normalized spacial score (nSPS) is 17.5. The number of esters is 1. The van der Waals surface area contributed by atoms with E-state index in [1.54, 1.807) is 19.9 Å². The monoisotopic (exact) mass is 452 g/mol. The van der Waals surface area contributed by atoms with Gasteiger partial charge in [-0.25, -0.2) is 13.2 Å². The molecule has 30 heavy (non-hydrogen) atoms. The number of sulfonamides is 1. The minimum absolute atomic E-state index is 0.0695. The number of carbonyl (C=O) groups is 2. The second kappa shape index (κ2) is 9.19. The molecule has 1 N–H and O–H groups in total. The SMILES string of the molecule is CCOC(=O)c1nnsc1NC(=O)c1cc(S(=O)(=O)N2CCCCC2C)ccc1C. The zero-order chi connectivity index (χ0) is 21.9. The zero-order valence-electron chi connectivity index (χ0n) is 17.0. The van der Waals surface area contributed by atoms with Gasteiger partial charge in [-0.15, -0.1) is 5.10 Å². The summed E-state index contributed by atoms with van der Waals surface area (Å²) in [4.78, 5) is 24.9. The Morgan fingerprint density at radius 2 is 2.10 bits per heavy atom. The number of anilines is 1. The predicted octanol–water partition coefficient (Wildman–Crippen LogP) is 2.84. The lowest BCUT2D eigenvalue weighted by Gasteiger charge is -2.32. The van der Waals surface area contributed by atoms with Crippen LogP contribution in [-0.2, 0) is 14.8 Å². The van der Waals surface area contributed by atoms with Crippen LogP contribution in [0.4, 0.5) is 5.00 Å². The van der Waals surface area contributed by atoms with Crippen LogP contribution in [0.1, 0.15) is 59.5 Å². The highest BCUT2D eigenvalue weighted by atomic mass is 32.2. The van der Waals surface area contributed by atoms with Crippen LogP contribution in [0, 0.1) is 6.92 Å². The minimum atomic E-state index is -3.72. The molecule has 2 aromatic rings. The Morgan fingerprint density at radius 1 is 1.33 bits per heavy atom. The summed E-state index contributed by atoms with van der Waals surface area (Å²) in [6.45, 7) is 5.90. The number of benzene rings is 1. The summed E-state index contributed by atoms with van der Waals surface area (Å²) < 4.78 is 36.4. The van der Waals surface area contributed by atoms with Crippen molar-refractivity contribution in [2.24, 2.45) is 0 Å². The number of rotatable bonds is 6. The van der Waals surface area contributed by atoms with Gasteiger partial charge < -0.3 is 10.1 Å². The maximum atomic E-state index is 13.1. The van der Waals surface area contributed by atoms with E-state index in [-0.39, 0.29) is 33.8 Å². The summed E-state index contributed by atoms with van der Waals surface area (Å²) in [5, 5.41) is 6.46. The summed E-state index contributed by atoms with van der Waals surface area (Å²) in [6.07, 6.45) is 2.63. The van der Waals surface area contributed by atoms with Crippen LogP contribution in [0.2, 0.25) is 0 Å². The molecule has 1 aliphatic heterocycles. The molecule has 11 heteroatoms. The van der Waals surface area contributed by atoms with Crippen LogP contribution in [0.15, 0.2) is 23.1 Å². The van der Waals surface area contributed by atoms with E-state index in [4.69, 9.17) is 4.74 Å². The fourth-order valence-corrected chi connectivity index (χ4v) is 5.63. The van der Waals surface area contributed by atoms with Gasteiger partial charge in [-0.2, -0.15) is 4.31 Å². The van der Waals surface area contributed by atoms with Crippen molar-refractivity contribution < 1.29 is 22.7 Å².